The Morgan fingerprint density at radius 1 is 0.844 bits per heavy atom. The summed E-state index contributed by atoms with van der Waals surface area (Å²) in [5, 5.41) is 16.2. The van der Waals surface area contributed by atoms with E-state index in [0.29, 0.717) is 51.6 Å². The Morgan fingerprint density at radius 2 is 1.53 bits per heavy atom. The van der Waals surface area contributed by atoms with Gasteiger partial charge in [-0.2, -0.15) is 0 Å². The lowest BCUT2D eigenvalue weighted by atomic mass is 10.0. The second kappa shape index (κ2) is 15.0. The molecule has 0 radical (unpaired) electrons. The van der Waals surface area contributed by atoms with Crippen LogP contribution in [0.5, 0.6) is 5.75 Å². The fraction of sp³-hybridized carbons (Fsp3) is 0.559. The van der Waals surface area contributed by atoms with Crippen LogP contribution < -0.4 is 10.6 Å². The van der Waals surface area contributed by atoms with Gasteiger partial charge >= 0.3 is 12.1 Å². The molecule has 4 heterocycles. The second-order valence-electron chi connectivity index (χ2n) is 12.3. The van der Waals surface area contributed by atoms with Crippen LogP contribution in [0.4, 0.5) is 15.3 Å². The topological polar surface area (TPSA) is 118 Å². The van der Waals surface area contributed by atoms with Crippen molar-refractivity contribution in [1.29, 1.82) is 0 Å². The summed E-state index contributed by atoms with van der Waals surface area (Å²) in [5.41, 5.74) is 2.80. The zero-order valence-electron chi connectivity index (χ0n) is 25.3. The van der Waals surface area contributed by atoms with Gasteiger partial charge in [0.1, 0.15) is 5.75 Å². The lowest BCUT2D eigenvalue weighted by Gasteiger charge is -2.41. The van der Waals surface area contributed by atoms with Crippen LogP contribution in [0.25, 0.3) is 0 Å². The molecule has 4 amide bonds. The van der Waals surface area contributed by atoms with Crippen molar-refractivity contribution in [1.82, 2.24) is 24.9 Å². The first-order valence-electron chi connectivity index (χ1n) is 16.1. The van der Waals surface area contributed by atoms with Gasteiger partial charge in [-0.25, -0.2) is 9.59 Å². The molecule has 45 heavy (non-hydrogen) atoms. The largest absolute Gasteiger partial charge is 0.508 e. The molecule has 244 valence electrons. The molecule has 0 aromatic heterocycles. The minimum absolute atomic E-state index is 0. The van der Waals surface area contributed by atoms with Gasteiger partial charge in [-0.1, -0.05) is 37.8 Å². The molecule has 0 saturated carbocycles. The van der Waals surface area contributed by atoms with Crippen molar-refractivity contribution < 1.29 is 24.2 Å². The number of amides is 4. The van der Waals surface area contributed by atoms with Gasteiger partial charge in [-0.3, -0.25) is 9.69 Å². The average Bonchev–Trinajstić information content (AvgIpc) is 3.23. The van der Waals surface area contributed by atoms with Crippen LogP contribution >= 0.6 is 0 Å². The number of ether oxygens (including phenoxy) is 1. The number of fused-ring (bicyclic) bond motifs is 1. The van der Waals surface area contributed by atoms with Gasteiger partial charge in [0.2, 0.25) is 0 Å². The molecule has 3 N–H and O–H groups in total. The molecule has 0 aliphatic carbocycles. The van der Waals surface area contributed by atoms with Crippen LogP contribution in [0.1, 0.15) is 44.2 Å². The Balaban J connectivity index is 0.00000400. The highest BCUT2D eigenvalue weighted by Crippen LogP contribution is 2.25. The molecule has 0 bridgehead atoms. The number of para-hydroxylation sites is 1. The number of urea groups is 1. The summed E-state index contributed by atoms with van der Waals surface area (Å²) in [4.78, 5) is 48.1. The molecule has 3 saturated heterocycles. The standard InChI is InChI=1S/C33H44N6O5.CH4/c40-28-7-5-24(6-8-28)23-30(31(41)37-21-19-36(20-22-37)26-9-14-34-15-10-26)44-33(43)38-16-12-27(13-17-38)39-18-11-25-3-1-2-4-29(25)35-32(39)42;/h1-8,26-27,30,34,40H,9-23H2,(H,35,42);1H4/t30-;/m1./s1. The molecule has 11 nitrogen and oxygen atoms in total. The Kier molecular flexibility index (Phi) is 10.8. The van der Waals surface area contributed by atoms with Crippen LogP contribution in [0.2, 0.25) is 0 Å². The van der Waals surface area contributed by atoms with Crippen LogP contribution in [0, 0.1) is 0 Å². The summed E-state index contributed by atoms with van der Waals surface area (Å²) in [6.45, 7) is 6.46. The molecule has 4 aliphatic heterocycles. The minimum Gasteiger partial charge on any atom is -0.508 e. The molecular weight excluding hydrogens is 572 g/mol. The molecule has 4 aliphatic rings. The number of hydrogen-bond acceptors (Lipinski definition) is 7. The lowest BCUT2D eigenvalue weighted by Crippen LogP contribution is -2.56. The number of carbonyl (C=O) groups excluding carboxylic acids is 3. The van der Waals surface area contributed by atoms with Crippen molar-refractivity contribution in [3.8, 4) is 5.75 Å². The first-order valence-corrected chi connectivity index (χ1v) is 16.1. The third-order valence-corrected chi connectivity index (χ3v) is 9.63. The minimum atomic E-state index is -0.954. The Bertz CT molecular complexity index is 1300. The normalized spacial score (nSPS) is 20.8. The molecule has 0 spiro atoms. The first kappa shape index (κ1) is 32.6. The zero-order valence-corrected chi connectivity index (χ0v) is 25.3. The smallest absolute Gasteiger partial charge is 0.410 e. The van der Waals surface area contributed by atoms with E-state index in [9.17, 15) is 19.5 Å². The van der Waals surface area contributed by atoms with Crippen LogP contribution in [-0.4, -0.2) is 120 Å². The molecule has 11 heteroatoms. The molecule has 0 unspecified atom stereocenters. The first-order chi connectivity index (χ1) is 21.4. The van der Waals surface area contributed by atoms with E-state index in [1.807, 2.05) is 34.1 Å². The van der Waals surface area contributed by atoms with Gasteiger partial charge in [-0.15, -0.1) is 0 Å². The maximum absolute atomic E-state index is 13.8. The van der Waals surface area contributed by atoms with Crippen LogP contribution in [0.15, 0.2) is 48.5 Å². The third-order valence-electron chi connectivity index (χ3n) is 9.63. The number of anilines is 1. The van der Waals surface area contributed by atoms with E-state index in [1.165, 1.54) is 0 Å². The Morgan fingerprint density at radius 3 is 2.24 bits per heavy atom. The Hall–Kier alpha value is -3.83. The number of rotatable bonds is 6. The van der Waals surface area contributed by atoms with Gasteiger partial charge < -0.3 is 35.2 Å². The lowest BCUT2D eigenvalue weighted by molar-refractivity contribution is -0.143. The molecule has 3 fully saturated rings. The van der Waals surface area contributed by atoms with E-state index >= 15 is 0 Å². The van der Waals surface area contributed by atoms with Crippen molar-refractivity contribution in [2.24, 2.45) is 0 Å². The molecule has 2 aromatic rings. The maximum atomic E-state index is 13.8. The molecular formula is C34H48N6O5. The number of carbonyl (C=O) groups is 3. The summed E-state index contributed by atoms with van der Waals surface area (Å²) in [5.74, 6) is -0.0282. The van der Waals surface area contributed by atoms with E-state index in [2.05, 4.69) is 15.5 Å². The van der Waals surface area contributed by atoms with Gasteiger partial charge in [0.15, 0.2) is 6.10 Å². The van der Waals surface area contributed by atoms with Gasteiger partial charge in [-0.05, 0) is 74.5 Å². The third kappa shape index (κ3) is 7.88. The number of piperazine rings is 1. The SMILES string of the molecule is C.O=C(O[C@H](Cc1ccc(O)cc1)C(=O)N1CCN(C2CCNCC2)CC1)N1CCC(N2CCc3ccccc3NC2=O)CC1. The average molecular weight is 621 g/mol. The fourth-order valence-electron chi connectivity index (χ4n) is 7.00. The van der Waals surface area contributed by atoms with Crippen LogP contribution in [0.3, 0.4) is 0 Å². The van der Waals surface area contributed by atoms with E-state index in [4.69, 9.17) is 4.74 Å². The number of piperidine rings is 2. The molecule has 6 rings (SSSR count). The number of phenols is 1. The van der Waals surface area contributed by atoms with Gasteiger partial charge in [0.05, 0.1) is 0 Å². The highest BCUT2D eigenvalue weighted by Gasteiger charge is 2.36. The van der Waals surface area contributed by atoms with Crippen LogP contribution in [-0.2, 0) is 22.4 Å². The van der Waals surface area contributed by atoms with E-state index < -0.39 is 12.2 Å². The summed E-state index contributed by atoms with van der Waals surface area (Å²) in [6.07, 6.45) is 3.12. The zero-order chi connectivity index (χ0) is 30.5. The summed E-state index contributed by atoms with van der Waals surface area (Å²) < 4.78 is 5.97. The van der Waals surface area contributed by atoms with Crippen molar-refractivity contribution in [2.45, 2.75) is 64.1 Å². The predicted molar refractivity (Wildman–Crippen MR) is 173 cm³/mol. The summed E-state index contributed by atoms with van der Waals surface area (Å²) in [7, 11) is 0. The molecule has 1 atom stereocenters. The number of hydrogen-bond donors (Lipinski definition) is 3. The maximum Gasteiger partial charge on any atom is 0.410 e. The highest BCUT2D eigenvalue weighted by atomic mass is 16.6. The number of nitrogens with zero attached hydrogens (tertiary/aromatic N) is 4. The summed E-state index contributed by atoms with van der Waals surface area (Å²) in [6, 6.07) is 15.0. The number of likely N-dealkylation sites (tertiary alicyclic amines) is 1. The molecule has 2 aromatic carbocycles. The number of benzene rings is 2. The van der Waals surface area contributed by atoms with Gasteiger partial charge in [0, 0.05) is 70.0 Å². The monoisotopic (exact) mass is 620 g/mol. The van der Waals surface area contributed by atoms with E-state index in [1.54, 1.807) is 29.2 Å². The highest BCUT2D eigenvalue weighted by molar-refractivity contribution is 5.91. The van der Waals surface area contributed by atoms with Crippen molar-refractivity contribution >= 4 is 23.7 Å². The van der Waals surface area contributed by atoms with Crippen molar-refractivity contribution in [3.05, 3.63) is 59.7 Å². The van der Waals surface area contributed by atoms with Crippen molar-refractivity contribution in [3.63, 3.8) is 0 Å². The number of aromatic hydroxyl groups is 1. The van der Waals surface area contributed by atoms with E-state index in [0.717, 1.165) is 62.3 Å². The number of nitrogens with one attached hydrogen (secondary N) is 2. The second-order valence-corrected chi connectivity index (χ2v) is 12.3. The Labute approximate surface area is 266 Å². The predicted octanol–water partition coefficient (Wildman–Crippen LogP) is 3.53. The number of phenolic OH excluding ortho intramolecular Hbond substituents is 1. The fourth-order valence-corrected chi connectivity index (χ4v) is 7.00. The quantitative estimate of drug-likeness (QED) is 0.453. The summed E-state index contributed by atoms with van der Waals surface area (Å²) >= 11 is 0. The van der Waals surface area contributed by atoms with E-state index in [-0.39, 0.29) is 37.6 Å². The van der Waals surface area contributed by atoms with Crippen molar-refractivity contribution in [2.75, 3.05) is 64.2 Å². The van der Waals surface area contributed by atoms with Gasteiger partial charge in [0.25, 0.3) is 5.91 Å².